The molecule has 8 heteroatoms. The minimum atomic E-state index is 0. The third-order valence-electron chi connectivity index (χ3n) is 4.77. The molecule has 2 fully saturated rings. The fourth-order valence-corrected chi connectivity index (χ4v) is 3.32. The number of rotatable bonds is 5. The first-order valence-electron chi connectivity index (χ1n) is 8.42. The van der Waals surface area contributed by atoms with Crippen LogP contribution in [0.4, 0.5) is 0 Å². The summed E-state index contributed by atoms with van der Waals surface area (Å²) in [5.74, 6) is 1.04. The molecule has 1 aromatic heterocycles. The molecule has 2 aliphatic rings. The monoisotopic (exact) mass is 410 g/mol. The maximum absolute atomic E-state index is 12.3. The van der Waals surface area contributed by atoms with Crippen LogP contribution in [0.15, 0.2) is 24.4 Å². The Labute approximate surface area is 169 Å². The normalized spacial score (nSPS) is 20.2. The zero-order valence-corrected chi connectivity index (χ0v) is 16.9. The van der Waals surface area contributed by atoms with Crippen LogP contribution in [0.25, 0.3) is 0 Å². The summed E-state index contributed by atoms with van der Waals surface area (Å²) in [4.78, 5) is 21.1. The van der Waals surface area contributed by atoms with E-state index in [0.717, 1.165) is 57.9 Å². The van der Waals surface area contributed by atoms with Crippen LogP contribution in [0, 0.1) is 5.92 Å². The highest BCUT2D eigenvalue weighted by molar-refractivity contribution is 5.86. The molecule has 0 spiro atoms. The Hall–Kier alpha value is -0.590. The van der Waals surface area contributed by atoms with Crippen LogP contribution in [-0.2, 0) is 11.3 Å². The van der Waals surface area contributed by atoms with E-state index in [2.05, 4.69) is 21.3 Å². The molecule has 3 heterocycles. The third-order valence-corrected chi connectivity index (χ3v) is 4.77. The molecule has 144 valence electrons. The quantitative estimate of drug-likeness (QED) is 0.808. The second-order valence-electron chi connectivity index (χ2n) is 6.38. The van der Waals surface area contributed by atoms with Gasteiger partial charge in [-0.05, 0) is 44.0 Å². The minimum absolute atomic E-state index is 0. The van der Waals surface area contributed by atoms with E-state index in [0.29, 0.717) is 18.2 Å². The molecule has 1 unspecified atom stereocenters. The van der Waals surface area contributed by atoms with Crippen LogP contribution in [0.2, 0.25) is 0 Å². The predicted molar refractivity (Wildman–Crippen MR) is 108 cm³/mol. The highest BCUT2D eigenvalue weighted by Crippen LogP contribution is 2.16. The smallest absolute Gasteiger partial charge is 0.222 e. The van der Waals surface area contributed by atoms with E-state index >= 15 is 0 Å². The number of aromatic nitrogens is 1. The van der Waals surface area contributed by atoms with E-state index < -0.39 is 0 Å². The maximum atomic E-state index is 12.3. The minimum Gasteiger partial charge on any atom is -0.340 e. The van der Waals surface area contributed by atoms with Crippen LogP contribution in [-0.4, -0.2) is 60.0 Å². The molecule has 25 heavy (non-hydrogen) atoms. The molecule has 1 amide bonds. The number of carbonyl (C=O) groups excluding carboxylic acids is 1. The van der Waals surface area contributed by atoms with Gasteiger partial charge in [0, 0.05) is 45.3 Å². The molecule has 0 aromatic carbocycles. The lowest BCUT2D eigenvalue weighted by molar-refractivity contribution is -0.133. The summed E-state index contributed by atoms with van der Waals surface area (Å²) >= 11 is 0. The molecule has 0 bridgehead atoms. The van der Waals surface area contributed by atoms with Crippen molar-refractivity contribution in [1.82, 2.24) is 20.1 Å². The number of carbonyl (C=O) groups is 1. The summed E-state index contributed by atoms with van der Waals surface area (Å²) in [5.41, 5.74) is 1.11. The molecule has 1 N–H and O–H groups in total. The number of nitrogens with one attached hydrogen (secondary N) is 1. The summed E-state index contributed by atoms with van der Waals surface area (Å²) in [6.45, 7) is 6.70. The van der Waals surface area contributed by atoms with Crippen LogP contribution in [0.3, 0.4) is 0 Å². The van der Waals surface area contributed by atoms with E-state index in [9.17, 15) is 4.79 Å². The van der Waals surface area contributed by atoms with Gasteiger partial charge in [0.05, 0.1) is 5.69 Å². The first-order valence-corrected chi connectivity index (χ1v) is 8.42. The summed E-state index contributed by atoms with van der Waals surface area (Å²) in [5, 5.41) is 3.37. The lowest BCUT2D eigenvalue weighted by atomic mass is 10.0. The van der Waals surface area contributed by atoms with E-state index in [1.807, 2.05) is 23.2 Å². The maximum Gasteiger partial charge on any atom is 0.222 e. The van der Waals surface area contributed by atoms with Gasteiger partial charge in [0.2, 0.25) is 5.91 Å². The molecule has 1 aromatic rings. The van der Waals surface area contributed by atoms with Crippen LogP contribution < -0.4 is 5.32 Å². The number of hydrogen-bond acceptors (Lipinski definition) is 4. The van der Waals surface area contributed by atoms with Gasteiger partial charge in [-0.1, -0.05) is 6.07 Å². The summed E-state index contributed by atoms with van der Waals surface area (Å²) in [6.07, 6.45) is 4.82. The second kappa shape index (κ2) is 12.7. The Morgan fingerprint density at radius 1 is 1.16 bits per heavy atom. The summed E-state index contributed by atoms with van der Waals surface area (Å²) < 4.78 is 0. The van der Waals surface area contributed by atoms with Crippen molar-refractivity contribution in [2.75, 3.05) is 39.3 Å². The van der Waals surface area contributed by atoms with Gasteiger partial charge >= 0.3 is 0 Å². The second-order valence-corrected chi connectivity index (χ2v) is 6.38. The van der Waals surface area contributed by atoms with Gasteiger partial charge in [-0.15, -0.1) is 37.2 Å². The first-order chi connectivity index (χ1) is 10.8. The Balaban J connectivity index is 0.00000192. The average molecular weight is 412 g/mol. The molecule has 1 atom stereocenters. The highest BCUT2D eigenvalue weighted by Gasteiger charge is 2.22. The Morgan fingerprint density at radius 3 is 2.52 bits per heavy atom. The highest BCUT2D eigenvalue weighted by atomic mass is 35.5. The van der Waals surface area contributed by atoms with Crippen LogP contribution in [0.5, 0.6) is 0 Å². The molecule has 2 saturated heterocycles. The Kier molecular flexibility index (Phi) is 12.4. The predicted octanol–water partition coefficient (Wildman–Crippen LogP) is 2.38. The zero-order valence-electron chi connectivity index (χ0n) is 14.4. The largest absolute Gasteiger partial charge is 0.340 e. The van der Waals surface area contributed by atoms with Gasteiger partial charge in [-0.3, -0.25) is 14.7 Å². The van der Waals surface area contributed by atoms with Crippen molar-refractivity contribution < 1.29 is 4.79 Å². The fourth-order valence-electron chi connectivity index (χ4n) is 3.32. The SMILES string of the molecule is Cl.Cl.Cl.O=C(CCC1CCNC1)N1CCN(Cc2ccccn2)CC1. The van der Waals surface area contributed by atoms with Crippen molar-refractivity contribution >= 4 is 43.1 Å². The van der Waals surface area contributed by atoms with Gasteiger partial charge in [-0.25, -0.2) is 0 Å². The molecule has 0 saturated carbocycles. The third kappa shape index (κ3) is 7.67. The number of halogens is 3. The molecular formula is C17H29Cl3N4O. The van der Waals surface area contributed by atoms with Crippen molar-refractivity contribution in [3.63, 3.8) is 0 Å². The number of piperazine rings is 1. The van der Waals surface area contributed by atoms with Gasteiger partial charge in [0.25, 0.3) is 0 Å². The number of pyridine rings is 1. The topological polar surface area (TPSA) is 48.5 Å². The molecule has 0 aliphatic carbocycles. The van der Waals surface area contributed by atoms with Gasteiger partial charge in [0.1, 0.15) is 0 Å². The molecule has 2 aliphatic heterocycles. The number of nitrogens with zero attached hydrogens (tertiary/aromatic N) is 3. The fraction of sp³-hybridized carbons (Fsp3) is 0.647. The molecule has 0 radical (unpaired) electrons. The summed E-state index contributed by atoms with van der Waals surface area (Å²) in [7, 11) is 0. The van der Waals surface area contributed by atoms with E-state index in [4.69, 9.17) is 0 Å². The van der Waals surface area contributed by atoms with E-state index in [1.54, 1.807) is 0 Å². The molecular weight excluding hydrogens is 383 g/mol. The van der Waals surface area contributed by atoms with Crippen LogP contribution in [0.1, 0.15) is 25.0 Å². The van der Waals surface area contributed by atoms with E-state index in [-0.39, 0.29) is 37.2 Å². The van der Waals surface area contributed by atoms with Crippen molar-refractivity contribution in [1.29, 1.82) is 0 Å². The molecule has 5 nitrogen and oxygen atoms in total. The van der Waals surface area contributed by atoms with Gasteiger partial charge < -0.3 is 10.2 Å². The average Bonchev–Trinajstić information content (AvgIpc) is 3.08. The van der Waals surface area contributed by atoms with E-state index in [1.165, 1.54) is 6.42 Å². The number of hydrogen-bond donors (Lipinski definition) is 1. The number of amides is 1. The van der Waals surface area contributed by atoms with Gasteiger partial charge in [0.15, 0.2) is 0 Å². The lowest BCUT2D eigenvalue weighted by Gasteiger charge is -2.34. The van der Waals surface area contributed by atoms with Crippen molar-refractivity contribution in [2.45, 2.75) is 25.8 Å². The van der Waals surface area contributed by atoms with Crippen molar-refractivity contribution in [2.24, 2.45) is 5.92 Å². The zero-order chi connectivity index (χ0) is 15.2. The standard InChI is InChI=1S/C17H26N4O.3ClH/c22-17(5-4-15-6-8-18-13-15)21-11-9-20(10-12-21)14-16-3-1-2-7-19-16;;;/h1-3,7,15,18H,4-6,8-14H2;3*1H. The first kappa shape index (κ1) is 24.4. The van der Waals surface area contributed by atoms with Gasteiger partial charge in [-0.2, -0.15) is 0 Å². The Bertz CT molecular complexity index is 478. The lowest BCUT2D eigenvalue weighted by Crippen LogP contribution is -2.48. The van der Waals surface area contributed by atoms with Crippen LogP contribution >= 0.6 is 37.2 Å². The summed E-state index contributed by atoms with van der Waals surface area (Å²) in [6, 6.07) is 6.03. The molecule has 3 rings (SSSR count). The van der Waals surface area contributed by atoms with Crippen molar-refractivity contribution in [3.8, 4) is 0 Å². The van der Waals surface area contributed by atoms with Crippen molar-refractivity contribution in [3.05, 3.63) is 30.1 Å². The Morgan fingerprint density at radius 2 is 1.92 bits per heavy atom.